The van der Waals surface area contributed by atoms with Crippen LogP contribution < -0.4 is 28.3 Å². The Morgan fingerprint density at radius 1 is 0.315 bits per heavy atom. The van der Waals surface area contributed by atoms with Crippen molar-refractivity contribution in [2.45, 2.75) is 29.7 Å². The van der Waals surface area contributed by atoms with E-state index in [2.05, 4.69) is 57.2 Å². The van der Waals surface area contributed by atoms with Gasteiger partial charge in [-0.25, -0.2) is 0 Å². The van der Waals surface area contributed by atoms with E-state index in [9.17, 15) is 118 Å². The first-order chi connectivity index (χ1) is 47.7. The molecule has 0 aromatic heterocycles. The molecule has 0 amide bonds. The monoisotopic (exact) mass is 1950 g/mol. The van der Waals surface area contributed by atoms with Gasteiger partial charge in [-0.2, -0.15) is 126 Å². The van der Waals surface area contributed by atoms with Gasteiger partial charge in [0.25, 0.3) is 142 Å². The van der Waals surface area contributed by atoms with Gasteiger partial charge >= 0.3 is 11.6 Å². The molecular weight excluding hydrogens is 1830 g/mol. The van der Waals surface area contributed by atoms with Crippen LogP contribution in [0.5, 0.6) is 0 Å². The van der Waals surface area contributed by atoms with Crippen LogP contribution in [-0.2, 0) is 200 Å². The van der Waals surface area contributed by atoms with Crippen LogP contribution in [0.4, 0.5) is 0 Å². The van der Waals surface area contributed by atoms with E-state index in [0.717, 1.165) is 84.3 Å². The Hall–Kier alpha value is -1.80. The minimum absolute atomic E-state index is 0. The second kappa shape index (κ2) is 73.3. The standard InChI is InChI=1S/C9H21NO9S3.C8H19NO9S3.C6H15NO6S2.C5H13NO6S2.C3H9NO3S.C3H8O4S.C2H7NO3S.C2H4O.CH4O3S.4CH4.H3N.O2S/c1-17-20(11,12)7-4-10(5-8-21(13,14)18-2)6-9-22(15,16)19-3;1-17-20(13,14)7-4-9(3-6-19(10,11)12)5-8-21(15,16)18-2;1-12-14(8,9)5-3-7-4-6-15(10,11)13-2;1-12-14(10,11)5-3-6-2-4-13(7,8)9;2*1-7-8(5,6)3-2-4;3-1-2-7(4,5)6;1-2-3-1;1-5(2,3)4;;;;;;1-3-2/h4-9H2,1-3H3;3-8H2,1-2H3,(H,10,11,12);7H,3-6H2,1-2H3;6H,2-5H2,1H3,(H,7,8,9);2-4H2,1H3;4H,2-3H2,1H3;1-3H2,(H,4,5,6);1-2H2;1H3,(H,2,3,4);4*1H4;1H3;. The molecule has 1 rings (SSSR count). The molecule has 0 atom stereocenters. The Bertz CT molecular complexity index is 3830. The topological polar surface area (TPSA) is 836 Å². The van der Waals surface area contributed by atoms with Crippen LogP contribution in [0.15, 0.2) is 0 Å². The van der Waals surface area contributed by atoms with E-state index in [1.807, 2.05) is 0 Å². The van der Waals surface area contributed by atoms with Crippen molar-refractivity contribution < 1.29 is 196 Å². The zero-order chi connectivity index (χ0) is 85.9. The van der Waals surface area contributed by atoms with Crippen LogP contribution in [-0.4, -0.2) is 410 Å². The van der Waals surface area contributed by atoms with Crippen molar-refractivity contribution in [1.82, 2.24) is 26.6 Å². The quantitative estimate of drug-likeness (QED) is 0.0117. The Kier molecular flexibility index (Phi) is 93.2. The van der Waals surface area contributed by atoms with Crippen LogP contribution >= 0.6 is 0 Å². The van der Waals surface area contributed by atoms with Gasteiger partial charge in [0, 0.05) is 78.5 Å². The number of epoxide rings is 1. The molecule has 1 aliphatic rings. The number of nitrogens with one attached hydrogen (secondary N) is 2. The summed E-state index contributed by atoms with van der Waals surface area (Å²) in [6.07, 6.45) is 0.715. The number of rotatable bonds is 46. The van der Waals surface area contributed by atoms with E-state index < -0.39 is 200 Å². The molecule has 1 saturated heterocycles. The zero-order valence-corrected chi connectivity index (χ0v) is 71.9. The summed E-state index contributed by atoms with van der Waals surface area (Å²) in [4.78, 5) is 2.63. The fourth-order valence-corrected chi connectivity index (χ4v) is 11.4. The minimum atomic E-state index is -4.24. The third kappa shape index (κ3) is 129. The van der Waals surface area contributed by atoms with Crippen LogP contribution in [0.2, 0.25) is 0 Å². The molecule has 692 valence electrons. The number of nitrogens with two attached hydrogens (primary N) is 2. The first-order valence-corrected chi connectivity index (χ1v) is 50.8. The molecule has 53 nitrogen and oxygen atoms in total. The molecule has 0 aliphatic carbocycles. The molecule has 14 N–H and O–H groups in total. The van der Waals surface area contributed by atoms with E-state index in [1.165, 1.54) is 9.80 Å². The van der Waals surface area contributed by atoms with Crippen molar-refractivity contribution in [1.29, 1.82) is 0 Å². The fourth-order valence-electron chi connectivity index (χ4n) is 4.40. The Labute approximate surface area is 662 Å². The van der Waals surface area contributed by atoms with Crippen molar-refractivity contribution in [3.8, 4) is 0 Å². The molecule has 1 aliphatic heterocycles. The van der Waals surface area contributed by atoms with Crippen LogP contribution in [0.3, 0.4) is 0 Å². The number of hydrogen-bond acceptors (Lipinski definition) is 49. The van der Waals surface area contributed by atoms with Gasteiger partial charge < -0.3 is 47.9 Å². The summed E-state index contributed by atoms with van der Waals surface area (Å²) in [5.41, 5.74) is 9.71. The summed E-state index contributed by atoms with van der Waals surface area (Å²) in [5.74, 6) is -4.60. The van der Waals surface area contributed by atoms with E-state index in [1.54, 1.807) is 0 Å². The maximum absolute atomic E-state index is 11.3. The van der Waals surface area contributed by atoms with Gasteiger partial charge in [-0.05, 0) is 0 Å². The average Bonchev–Trinajstić information content (AvgIpc) is 1.40. The van der Waals surface area contributed by atoms with E-state index in [0.29, 0.717) is 6.26 Å². The van der Waals surface area contributed by atoms with Gasteiger partial charge in [0.05, 0.1) is 172 Å². The maximum Gasteiger partial charge on any atom is 0.335 e. The predicted molar refractivity (Wildman–Crippen MR) is 410 cm³/mol. The largest absolute Gasteiger partial charge is 0.395 e. The summed E-state index contributed by atoms with van der Waals surface area (Å²) < 4.78 is 393. The SMILES string of the molecule is C.C.C.C.C1CO1.COS(=O)(=O)CCN.COS(=O)(=O)CCN(CCS(=O)(=O)O)CCS(=O)(=O)OC.COS(=O)(=O)CCN(CCS(=O)(=O)OC)CCS(=O)(=O)OC.COS(=O)(=O)CCNCCS(=O)(=O)O.COS(=O)(=O)CCNCCS(=O)(=O)OC.COS(=O)(=O)CCO.CS(=O)(=O)O.N.NCCS(=O)(=O)O.O=S=O. The minimum Gasteiger partial charge on any atom is -0.395 e. The lowest BCUT2D eigenvalue weighted by molar-refractivity contribution is 0.304. The zero-order valence-electron chi connectivity index (χ0n) is 59.7. The molecule has 0 aromatic carbocycles. The predicted octanol–water partition coefficient (Wildman–Crippen LogP) is -8.42. The average molecular weight is 1950 g/mol. The number of nitrogens with zero attached hydrogens (tertiary/aromatic N) is 2. The number of ether oxygens (including phenoxy) is 1. The van der Waals surface area contributed by atoms with E-state index in [4.69, 9.17) is 43.2 Å². The second-order valence-electron chi connectivity index (χ2n) is 18.0. The molecule has 0 aromatic rings. The van der Waals surface area contributed by atoms with Gasteiger partial charge in [-0.15, -0.1) is 0 Å². The van der Waals surface area contributed by atoms with Crippen LogP contribution in [0.1, 0.15) is 29.7 Å². The van der Waals surface area contributed by atoms with Crippen molar-refractivity contribution in [2.24, 2.45) is 11.5 Å². The molecule has 0 saturated carbocycles. The highest BCUT2D eigenvalue weighted by Crippen LogP contribution is 2.03. The normalized spacial score (nSPS) is 12.4. The smallest absolute Gasteiger partial charge is 0.335 e. The highest BCUT2D eigenvalue weighted by atomic mass is 32.3. The highest BCUT2D eigenvalue weighted by Gasteiger charge is 2.21. The lowest BCUT2D eigenvalue weighted by Crippen LogP contribution is -2.37. The lowest BCUT2D eigenvalue weighted by atomic mass is 10.5. The van der Waals surface area contributed by atoms with Crippen LogP contribution in [0.25, 0.3) is 0 Å². The molecule has 68 heteroatoms. The maximum atomic E-state index is 11.3. The van der Waals surface area contributed by atoms with Gasteiger partial charge in [-0.3, -0.25) is 60.0 Å². The third-order valence-corrected chi connectivity index (χ3v) is 24.1. The third-order valence-electron chi connectivity index (χ3n) is 9.90. The van der Waals surface area contributed by atoms with Gasteiger partial charge in [0.15, 0.2) is 0 Å². The van der Waals surface area contributed by atoms with Crippen molar-refractivity contribution in [3.63, 3.8) is 0 Å². The van der Waals surface area contributed by atoms with Gasteiger partial charge in [0.2, 0.25) is 0 Å². The van der Waals surface area contributed by atoms with E-state index in [-0.39, 0.29) is 149 Å². The molecular formula is C43H119N7O46S15. The summed E-state index contributed by atoms with van der Waals surface area (Å²) >= 11 is -0.750. The summed E-state index contributed by atoms with van der Waals surface area (Å²) in [7, 11) is -41.3. The Balaban J connectivity index is -0.0000000821. The molecule has 0 unspecified atom stereocenters. The summed E-state index contributed by atoms with van der Waals surface area (Å²) in [5, 5.41) is 13.3. The molecule has 1 heterocycles. The summed E-state index contributed by atoms with van der Waals surface area (Å²) in [6, 6.07) is 0. The molecule has 1 fully saturated rings. The number of hydrogen-bond donors (Lipinski definition) is 10. The second-order valence-corrected chi connectivity index (χ2v) is 42.9. The van der Waals surface area contributed by atoms with Crippen molar-refractivity contribution in [2.75, 3.05) is 250 Å². The Morgan fingerprint density at radius 2 is 0.468 bits per heavy atom. The molecule has 111 heavy (non-hydrogen) atoms. The number of aliphatic hydroxyl groups is 1. The molecule has 0 radical (unpaired) electrons. The fraction of sp³-hybridized carbons (Fsp3) is 1.00. The molecule has 0 spiro atoms. The van der Waals surface area contributed by atoms with Gasteiger partial charge in [-0.1, -0.05) is 29.7 Å². The number of aliphatic hydroxyl groups excluding tert-OH is 1. The molecule has 0 bridgehead atoms. The van der Waals surface area contributed by atoms with Gasteiger partial charge in [0.1, 0.15) is 0 Å². The van der Waals surface area contributed by atoms with Crippen molar-refractivity contribution in [3.05, 3.63) is 0 Å². The Morgan fingerprint density at radius 3 is 0.595 bits per heavy atom. The van der Waals surface area contributed by atoms with Crippen LogP contribution in [0, 0.1) is 0 Å². The first-order valence-electron chi connectivity index (χ1n) is 27.7. The highest BCUT2D eigenvalue weighted by molar-refractivity contribution is 7.89. The lowest BCUT2D eigenvalue weighted by Gasteiger charge is -2.21. The van der Waals surface area contributed by atoms with E-state index >= 15 is 0 Å². The first kappa shape index (κ1) is 141. The van der Waals surface area contributed by atoms with Crippen molar-refractivity contribution >= 4 is 153 Å². The summed E-state index contributed by atoms with van der Waals surface area (Å²) in [6.45, 7) is 1.24.